The van der Waals surface area contributed by atoms with Crippen molar-refractivity contribution in [3.05, 3.63) is 51.2 Å². The number of ether oxygens (including phenoxy) is 2. The van der Waals surface area contributed by atoms with E-state index in [9.17, 15) is 9.59 Å². The van der Waals surface area contributed by atoms with Crippen LogP contribution in [0.15, 0.2) is 30.3 Å². The molecule has 1 fully saturated rings. The predicted molar refractivity (Wildman–Crippen MR) is 109 cm³/mol. The maximum atomic E-state index is 12.1. The van der Waals surface area contributed by atoms with Crippen molar-refractivity contribution >= 4 is 46.6 Å². The summed E-state index contributed by atoms with van der Waals surface area (Å²) in [7, 11) is 0. The monoisotopic (exact) mass is 408 g/mol. The molecule has 1 saturated heterocycles. The number of benzene rings is 1. The third-order valence-corrected chi connectivity index (χ3v) is 7.91. The number of esters is 1. The van der Waals surface area contributed by atoms with Crippen molar-refractivity contribution in [3.8, 4) is 5.75 Å². The second-order valence-corrected chi connectivity index (χ2v) is 10.0. The summed E-state index contributed by atoms with van der Waals surface area (Å²) in [6, 6.07) is 9.62. The molecule has 1 aromatic heterocycles. The van der Waals surface area contributed by atoms with Gasteiger partial charge in [0.2, 0.25) is 5.78 Å². The van der Waals surface area contributed by atoms with E-state index in [-0.39, 0.29) is 19.0 Å². The molecule has 138 valence electrons. The Hall–Kier alpha value is -1.44. The third kappa shape index (κ3) is 5.05. The van der Waals surface area contributed by atoms with Gasteiger partial charge in [-0.05, 0) is 37.6 Å². The molecule has 1 aliphatic rings. The fourth-order valence-electron chi connectivity index (χ4n) is 2.59. The fraction of sp³-hybridized carbons (Fsp3) is 0.368. The van der Waals surface area contributed by atoms with E-state index in [4.69, 9.17) is 9.47 Å². The van der Waals surface area contributed by atoms with Gasteiger partial charge in [0.15, 0.2) is 13.2 Å². The summed E-state index contributed by atoms with van der Waals surface area (Å²) in [6.45, 7) is 3.38. The first kappa shape index (κ1) is 19.3. The van der Waals surface area contributed by atoms with Crippen molar-refractivity contribution in [1.29, 1.82) is 0 Å². The lowest BCUT2D eigenvalue weighted by Crippen LogP contribution is -2.19. The van der Waals surface area contributed by atoms with Crippen molar-refractivity contribution < 1.29 is 19.1 Å². The minimum absolute atomic E-state index is 0.184. The molecule has 0 unspecified atom stereocenters. The number of thioether (sulfide) groups is 2. The Morgan fingerprint density at radius 2 is 1.77 bits per heavy atom. The molecule has 0 radical (unpaired) electrons. The van der Waals surface area contributed by atoms with Gasteiger partial charge in [-0.3, -0.25) is 4.79 Å². The van der Waals surface area contributed by atoms with Crippen LogP contribution in [-0.4, -0.2) is 36.5 Å². The number of thiophene rings is 1. The van der Waals surface area contributed by atoms with Crippen LogP contribution >= 0.6 is 34.9 Å². The summed E-state index contributed by atoms with van der Waals surface area (Å²) in [5, 5.41) is 0. The van der Waals surface area contributed by atoms with Crippen molar-refractivity contribution in [2.45, 2.75) is 18.4 Å². The van der Waals surface area contributed by atoms with Gasteiger partial charge >= 0.3 is 5.97 Å². The van der Waals surface area contributed by atoms with Crippen LogP contribution in [0.2, 0.25) is 0 Å². The first-order valence-corrected chi connectivity index (χ1v) is 11.2. The molecule has 0 aliphatic carbocycles. The Morgan fingerprint density at radius 1 is 1.08 bits per heavy atom. The zero-order valence-corrected chi connectivity index (χ0v) is 17.1. The Bertz CT molecular complexity index is 777. The van der Waals surface area contributed by atoms with Gasteiger partial charge in [-0.1, -0.05) is 12.1 Å². The molecule has 0 amide bonds. The zero-order chi connectivity index (χ0) is 18.5. The maximum Gasteiger partial charge on any atom is 0.344 e. The quantitative estimate of drug-likeness (QED) is 0.491. The second-order valence-electron chi connectivity index (χ2n) is 5.84. The van der Waals surface area contributed by atoms with Gasteiger partial charge in [0.25, 0.3) is 0 Å². The van der Waals surface area contributed by atoms with Crippen LogP contribution in [0, 0.1) is 13.8 Å². The van der Waals surface area contributed by atoms with E-state index < -0.39 is 5.97 Å². The van der Waals surface area contributed by atoms with E-state index in [1.165, 1.54) is 17.1 Å². The first-order valence-electron chi connectivity index (χ1n) is 8.25. The molecule has 2 heterocycles. The van der Waals surface area contributed by atoms with E-state index in [0.717, 1.165) is 9.75 Å². The number of carbonyl (C=O) groups excluding carboxylic acids is 2. The Labute approximate surface area is 165 Å². The minimum Gasteiger partial charge on any atom is -0.482 e. The van der Waals surface area contributed by atoms with E-state index in [1.807, 2.05) is 67.7 Å². The summed E-state index contributed by atoms with van der Waals surface area (Å²) >= 11 is 5.45. The summed E-state index contributed by atoms with van der Waals surface area (Å²) in [5.41, 5.74) is 1.89. The molecule has 0 spiro atoms. The van der Waals surface area contributed by atoms with Gasteiger partial charge in [0, 0.05) is 26.8 Å². The average molecular weight is 409 g/mol. The normalized spacial score (nSPS) is 14.4. The third-order valence-electron chi connectivity index (χ3n) is 3.84. The highest BCUT2D eigenvalue weighted by Crippen LogP contribution is 2.45. The molecule has 0 atom stereocenters. The minimum atomic E-state index is -0.547. The Balaban J connectivity index is 1.43. The van der Waals surface area contributed by atoms with Crippen molar-refractivity contribution in [1.82, 2.24) is 0 Å². The smallest absolute Gasteiger partial charge is 0.344 e. The molecular weight excluding hydrogens is 388 g/mol. The van der Waals surface area contributed by atoms with Gasteiger partial charge in [0.1, 0.15) is 5.75 Å². The standard InChI is InChI=1S/C19H20O4S3/c1-12-9-16(13(2)26-12)17(20)10-23-18(21)11-22-15-5-3-14(4-6-15)19-24-7-8-25-19/h3-6,9,19H,7-8,10-11H2,1-2H3. The van der Waals surface area contributed by atoms with Crippen LogP contribution in [0.5, 0.6) is 5.75 Å². The lowest BCUT2D eigenvalue weighted by atomic mass is 10.2. The molecule has 3 rings (SSSR count). The van der Waals surface area contributed by atoms with Crippen LogP contribution in [0.25, 0.3) is 0 Å². The van der Waals surface area contributed by atoms with Crippen LogP contribution in [0.1, 0.15) is 30.3 Å². The van der Waals surface area contributed by atoms with Crippen LogP contribution in [0.4, 0.5) is 0 Å². The van der Waals surface area contributed by atoms with Gasteiger partial charge < -0.3 is 9.47 Å². The average Bonchev–Trinajstić information content (AvgIpc) is 3.28. The highest BCUT2D eigenvalue weighted by molar-refractivity contribution is 8.19. The van der Waals surface area contributed by atoms with E-state index in [1.54, 1.807) is 11.3 Å². The largest absolute Gasteiger partial charge is 0.482 e. The molecule has 1 aromatic carbocycles. The van der Waals surface area contributed by atoms with Gasteiger partial charge in [0.05, 0.1) is 4.58 Å². The number of Topliss-reactive ketones (excluding diaryl/α,β-unsaturated/α-hetero) is 1. The van der Waals surface area contributed by atoms with Crippen molar-refractivity contribution in [2.75, 3.05) is 24.7 Å². The van der Waals surface area contributed by atoms with Crippen LogP contribution in [0.3, 0.4) is 0 Å². The Kier molecular flexibility index (Phi) is 6.67. The summed E-state index contributed by atoms with van der Waals surface area (Å²) < 4.78 is 11.0. The number of carbonyl (C=O) groups is 2. The van der Waals surface area contributed by atoms with Crippen LogP contribution in [-0.2, 0) is 9.53 Å². The number of hydrogen-bond acceptors (Lipinski definition) is 7. The lowest BCUT2D eigenvalue weighted by molar-refractivity contribution is -0.144. The predicted octanol–water partition coefficient (Wildman–Crippen LogP) is 4.65. The topological polar surface area (TPSA) is 52.6 Å². The number of rotatable bonds is 7. The van der Waals surface area contributed by atoms with E-state index >= 15 is 0 Å². The molecule has 0 saturated carbocycles. The lowest BCUT2D eigenvalue weighted by Gasteiger charge is -2.10. The summed E-state index contributed by atoms with van der Waals surface area (Å²) in [4.78, 5) is 25.9. The van der Waals surface area contributed by atoms with Gasteiger partial charge in [-0.25, -0.2) is 4.79 Å². The highest BCUT2D eigenvalue weighted by atomic mass is 32.2. The van der Waals surface area contributed by atoms with Crippen molar-refractivity contribution in [3.63, 3.8) is 0 Å². The molecule has 7 heteroatoms. The molecular formula is C19H20O4S3. The number of aryl methyl sites for hydroxylation is 2. The van der Waals surface area contributed by atoms with Gasteiger partial charge in [-0.2, -0.15) is 0 Å². The second kappa shape index (κ2) is 8.97. The maximum absolute atomic E-state index is 12.1. The molecule has 0 bridgehead atoms. The van der Waals surface area contributed by atoms with E-state index in [0.29, 0.717) is 15.9 Å². The molecule has 26 heavy (non-hydrogen) atoms. The SMILES string of the molecule is Cc1cc(C(=O)COC(=O)COc2ccc(C3SCCS3)cc2)c(C)s1. The number of ketones is 1. The highest BCUT2D eigenvalue weighted by Gasteiger charge is 2.18. The summed E-state index contributed by atoms with van der Waals surface area (Å²) in [5.74, 6) is 2.25. The molecule has 0 N–H and O–H groups in total. The zero-order valence-electron chi connectivity index (χ0n) is 14.7. The van der Waals surface area contributed by atoms with Crippen LogP contribution < -0.4 is 4.74 Å². The van der Waals surface area contributed by atoms with Gasteiger partial charge in [-0.15, -0.1) is 34.9 Å². The number of hydrogen-bond donors (Lipinski definition) is 0. The van der Waals surface area contributed by atoms with E-state index in [2.05, 4.69) is 0 Å². The summed E-state index contributed by atoms with van der Waals surface area (Å²) in [6.07, 6.45) is 0. The fourth-order valence-corrected chi connectivity index (χ4v) is 6.39. The molecule has 4 nitrogen and oxygen atoms in total. The van der Waals surface area contributed by atoms with Crippen molar-refractivity contribution in [2.24, 2.45) is 0 Å². The Morgan fingerprint density at radius 3 is 2.38 bits per heavy atom. The molecule has 1 aliphatic heterocycles. The molecule has 2 aromatic rings. The first-order chi connectivity index (χ1) is 12.5.